The molecule has 2 N–H and O–H groups in total. The van der Waals surface area contributed by atoms with Crippen LogP contribution < -0.4 is 10.5 Å². The SMILES string of the molecule is CC(CN)Oc1ccc([N+](=O)[O-])c2ccccc12. The second kappa shape index (κ2) is 5.01. The number of nitrogens with two attached hydrogens (primary N) is 1. The van der Waals surface area contributed by atoms with Crippen LogP contribution in [0.2, 0.25) is 0 Å². The van der Waals surface area contributed by atoms with Gasteiger partial charge in [0.2, 0.25) is 0 Å². The van der Waals surface area contributed by atoms with E-state index in [-0.39, 0.29) is 11.8 Å². The lowest BCUT2D eigenvalue weighted by Crippen LogP contribution is -2.22. The van der Waals surface area contributed by atoms with Crippen LogP contribution in [0.5, 0.6) is 5.75 Å². The number of nitro benzene ring substituents is 1. The molecule has 2 rings (SSSR count). The minimum Gasteiger partial charge on any atom is -0.489 e. The van der Waals surface area contributed by atoms with E-state index in [2.05, 4.69) is 0 Å². The Morgan fingerprint density at radius 2 is 1.94 bits per heavy atom. The summed E-state index contributed by atoms with van der Waals surface area (Å²) in [5.41, 5.74) is 5.59. The number of non-ortho nitro benzene ring substituents is 1. The van der Waals surface area contributed by atoms with E-state index in [4.69, 9.17) is 10.5 Å². The summed E-state index contributed by atoms with van der Waals surface area (Å²) < 4.78 is 5.66. The normalized spacial score (nSPS) is 12.3. The van der Waals surface area contributed by atoms with E-state index in [1.807, 2.05) is 13.0 Å². The number of rotatable bonds is 4. The maximum absolute atomic E-state index is 10.9. The Morgan fingerprint density at radius 3 is 2.56 bits per heavy atom. The van der Waals surface area contributed by atoms with Gasteiger partial charge in [0.1, 0.15) is 11.9 Å². The Balaban J connectivity index is 2.57. The second-order valence-electron chi connectivity index (χ2n) is 4.05. The molecule has 0 aromatic heterocycles. The third-order valence-electron chi connectivity index (χ3n) is 2.72. The first-order valence-electron chi connectivity index (χ1n) is 5.66. The van der Waals surface area contributed by atoms with Crippen LogP contribution in [-0.2, 0) is 0 Å². The number of hydrogen-bond acceptors (Lipinski definition) is 4. The van der Waals surface area contributed by atoms with Crippen molar-refractivity contribution in [2.75, 3.05) is 6.54 Å². The maximum atomic E-state index is 10.9. The lowest BCUT2D eigenvalue weighted by atomic mass is 10.1. The van der Waals surface area contributed by atoms with Gasteiger partial charge in [-0.3, -0.25) is 10.1 Å². The van der Waals surface area contributed by atoms with Crippen molar-refractivity contribution in [2.45, 2.75) is 13.0 Å². The fourth-order valence-electron chi connectivity index (χ4n) is 1.78. The summed E-state index contributed by atoms with van der Waals surface area (Å²) in [6, 6.07) is 10.2. The molecule has 0 amide bonds. The number of nitrogens with zero attached hydrogens (tertiary/aromatic N) is 1. The lowest BCUT2D eigenvalue weighted by molar-refractivity contribution is -0.383. The van der Waals surface area contributed by atoms with E-state index in [0.29, 0.717) is 17.7 Å². The zero-order valence-electron chi connectivity index (χ0n) is 10.00. The molecule has 1 unspecified atom stereocenters. The molecule has 0 fully saturated rings. The monoisotopic (exact) mass is 246 g/mol. The van der Waals surface area contributed by atoms with Crippen LogP contribution in [0.1, 0.15) is 6.92 Å². The molecule has 0 heterocycles. The molecule has 0 aliphatic rings. The fourth-order valence-corrected chi connectivity index (χ4v) is 1.78. The molecule has 0 radical (unpaired) electrons. The molecule has 18 heavy (non-hydrogen) atoms. The van der Waals surface area contributed by atoms with Gasteiger partial charge in [0.05, 0.1) is 10.3 Å². The average molecular weight is 246 g/mol. The summed E-state index contributed by atoms with van der Waals surface area (Å²) in [6.45, 7) is 2.25. The third-order valence-corrected chi connectivity index (χ3v) is 2.72. The molecule has 94 valence electrons. The zero-order valence-corrected chi connectivity index (χ0v) is 10.00. The van der Waals surface area contributed by atoms with Crippen LogP contribution in [0.25, 0.3) is 10.8 Å². The molecule has 1 atom stereocenters. The molecule has 0 saturated heterocycles. The van der Waals surface area contributed by atoms with Gasteiger partial charge in [0.15, 0.2) is 0 Å². The topological polar surface area (TPSA) is 78.4 Å². The highest BCUT2D eigenvalue weighted by atomic mass is 16.6. The highest BCUT2D eigenvalue weighted by Crippen LogP contribution is 2.33. The van der Waals surface area contributed by atoms with Gasteiger partial charge in [0, 0.05) is 18.0 Å². The van der Waals surface area contributed by atoms with Crippen molar-refractivity contribution in [3.05, 3.63) is 46.5 Å². The Labute approximate surface area is 104 Å². The summed E-state index contributed by atoms with van der Waals surface area (Å²) >= 11 is 0. The molecule has 2 aromatic rings. The molecule has 0 bridgehead atoms. The van der Waals surface area contributed by atoms with Gasteiger partial charge in [-0.25, -0.2) is 0 Å². The Bertz CT molecular complexity index is 583. The summed E-state index contributed by atoms with van der Waals surface area (Å²) in [5, 5.41) is 12.3. The number of nitro groups is 1. The Kier molecular flexibility index (Phi) is 3.43. The van der Waals surface area contributed by atoms with Gasteiger partial charge in [-0.05, 0) is 19.1 Å². The molecule has 5 heteroatoms. The highest BCUT2D eigenvalue weighted by Gasteiger charge is 2.15. The number of benzene rings is 2. The van der Waals surface area contributed by atoms with Gasteiger partial charge in [-0.2, -0.15) is 0 Å². The van der Waals surface area contributed by atoms with Gasteiger partial charge in [-0.15, -0.1) is 0 Å². The van der Waals surface area contributed by atoms with Crippen LogP contribution >= 0.6 is 0 Å². The first-order valence-corrected chi connectivity index (χ1v) is 5.66. The quantitative estimate of drug-likeness (QED) is 0.664. The number of fused-ring (bicyclic) bond motifs is 1. The summed E-state index contributed by atoms with van der Waals surface area (Å²) in [4.78, 5) is 10.6. The largest absolute Gasteiger partial charge is 0.489 e. The molecule has 0 aliphatic heterocycles. The van der Waals surface area contributed by atoms with Gasteiger partial charge >= 0.3 is 0 Å². The van der Waals surface area contributed by atoms with Crippen molar-refractivity contribution < 1.29 is 9.66 Å². The predicted octanol–water partition coefficient (Wildman–Crippen LogP) is 2.47. The van der Waals surface area contributed by atoms with E-state index in [1.54, 1.807) is 24.3 Å². The van der Waals surface area contributed by atoms with Crippen molar-refractivity contribution in [3.8, 4) is 5.75 Å². The summed E-state index contributed by atoms with van der Waals surface area (Å²) in [7, 11) is 0. The van der Waals surface area contributed by atoms with Crippen LogP contribution in [0.3, 0.4) is 0 Å². The van der Waals surface area contributed by atoms with Crippen LogP contribution in [-0.4, -0.2) is 17.6 Å². The Hall–Kier alpha value is -2.14. The highest BCUT2D eigenvalue weighted by molar-refractivity contribution is 5.95. The van der Waals surface area contributed by atoms with E-state index < -0.39 is 4.92 Å². The van der Waals surface area contributed by atoms with Crippen molar-refractivity contribution in [1.82, 2.24) is 0 Å². The minimum atomic E-state index is -0.390. The number of hydrogen-bond donors (Lipinski definition) is 1. The lowest BCUT2D eigenvalue weighted by Gasteiger charge is -2.14. The van der Waals surface area contributed by atoms with Crippen LogP contribution in [0.4, 0.5) is 5.69 Å². The van der Waals surface area contributed by atoms with Gasteiger partial charge in [0.25, 0.3) is 5.69 Å². The second-order valence-corrected chi connectivity index (χ2v) is 4.05. The standard InChI is InChI=1S/C13H14N2O3/c1-9(8-14)18-13-7-6-12(15(16)17)10-4-2-3-5-11(10)13/h2-7,9H,8,14H2,1H3. The Morgan fingerprint density at radius 1 is 1.28 bits per heavy atom. The smallest absolute Gasteiger partial charge is 0.277 e. The van der Waals surface area contributed by atoms with Gasteiger partial charge < -0.3 is 10.5 Å². The van der Waals surface area contributed by atoms with E-state index in [0.717, 1.165) is 5.39 Å². The fraction of sp³-hybridized carbons (Fsp3) is 0.231. The first-order chi connectivity index (χ1) is 8.63. The molecular formula is C13H14N2O3. The molecule has 0 spiro atoms. The first kappa shape index (κ1) is 12.3. The van der Waals surface area contributed by atoms with Crippen molar-refractivity contribution in [2.24, 2.45) is 5.73 Å². The summed E-state index contributed by atoms with van der Waals surface area (Å²) in [5.74, 6) is 0.620. The van der Waals surface area contributed by atoms with Crippen LogP contribution in [0, 0.1) is 10.1 Å². The third kappa shape index (κ3) is 2.26. The molecule has 2 aromatic carbocycles. The molecule has 0 saturated carbocycles. The van der Waals surface area contributed by atoms with Crippen molar-refractivity contribution in [1.29, 1.82) is 0 Å². The maximum Gasteiger partial charge on any atom is 0.277 e. The van der Waals surface area contributed by atoms with Gasteiger partial charge in [-0.1, -0.05) is 18.2 Å². The van der Waals surface area contributed by atoms with E-state index in [1.165, 1.54) is 6.07 Å². The van der Waals surface area contributed by atoms with Crippen molar-refractivity contribution in [3.63, 3.8) is 0 Å². The predicted molar refractivity (Wildman–Crippen MR) is 69.7 cm³/mol. The summed E-state index contributed by atoms with van der Waals surface area (Å²) in [6.07, 6.45) is -0.130. The molecule has 0 aliphatic carbocycles. The van der Waals surface area contributed by atoms with Crippen molar-refractivity contribution >= 4 is 16.5 Å². The minimum absolute atomic E-state index is 0.0818. The number of ether oxygens (including phenoxy) is 1. The zero-order chi connectivity index (χ0) is 13.1. The molecular weight excluding hydrogens is 232 g/mol. The van der Waals surface area contributed by atoms with E-state index >= 15 is 0 Å². The van der Waals surface area contributed by atoms with Crippen LogP contribution in [0.15, 0.2) is 36.4 Å². The average Bonchev–Trinajstić information content (AvgIpc) is 2.38. The van der Waals surface area contributed by atoms with E-state index in [9.17, 15) is 10.1 Å². The molecule has 5 nitrogen and oxygen atoms in total.